The van der Waals surface area contributed by atoms with Crippen LogP contribution in [0.15, 0.2) is 46.9 Å². The molecule has 110 valence electrons. The molecule has 2 aromatic carbocycles. The number of aliphatic hydroxyl groups excluding tert-OH is 1. The highest BCUT2D eigenvalue weighted by molar-refractivity contribution is 9.10. The number of ether oxygens (including phenoxy) is 1. The van der Waals surface area contributed by atoms with Crippen LogP contribution in [0.4, 0.5) is 4.39 Å². The number of benzene rings is 2. The van der Waals surface area contributed by atoms with Crippen LogP contribution in [0.5, 0.6) is 5.75 Å². The lowest BCUT2D eigenvalue weighted by atomic mass is 9.85. The highest BCUT2D eigenvalue weighted by Crippen LogP contribution is 2.36. The Morgan fingerprint density at radius 1 is 1.29 bits per heavy atom. The fourth-order valence-corrected chi connectivity index (χ4v) is 3.25. The maximum Gasteiger partial charge on any atom is 0.126 e. The Kier molecular flexibility index (Phi) is 4.27. The molecule has 1 heterocycles. The molecule has 1 aliphatic rings. The third-order valence-corrected chi connectivity index (χ3v) is 4.40. The fraction of sp³-hybridized carbons (Fsp3) is 0.294. The molecule has 1 aliphatic heterocycles. The zero-order valence-corrected chi connectivity index (χ0v) is 13.0. The lowest BCUT2D eigenvalue weighted by molar-refractivity contribution is 0.116. The van der Waals surface area contributed by atoms with E-state index in [9.17, 15) is 9.50 Å². The van der Waals surface area contributed by atoms with Crippen LogP contribution in [0.2, 0.25) is 0 Å². The van der Waals surface area contributed by atoms with Crippen LogP contribution >= 0.6 is 15.9 Å². The molecule has 4 heteroatoms. The summed E-state index contributed by atoms with van der Waals surface area (Å²) in [7, 11) is 0. The smallest absolute Gasteiger partial charge is 0.126 e. The highest BCUT2D eigenvalue weighted by Gasteiger charge is 2.28. The van der Waals surface area contributed by atoms with E-state index in [1.807, 2.05) is 24.3 Å². The third kappa shape index (κ3) is 3.11. The molecule has 3 rings (SSSR count). The zero-order valence-electron chi connectivity index (χ0n) is 11.4. The molecular formula is C17H16BrFO2. The molecule has 2 aromatic rings. The maximum atomic E-state index is 13.8. The summed E-state index contributed by atoms with van der Waals surface area (Å²) in [4.78, 5) is 0. The van der Waals surface area contributed by atoms with Crippen molar-refractivity contribution < 1.29 is 14.2 Å². The van der Waals surface area contributed by atoms with Crippen molar-refractivity contribution in [3.05, 3.63) is 63.9 Å². The fourth-order valence-electron chi connectivity index (χ4n) is 2.84. The minimum absolute atomic E-state index is 0.0201. The molecule has 0 aromatic heterocycles. The summed E-state index contributed by atoms with van der Waals surface area (Å²) in [5, 5.41) is 10.6. The standard InChI is InChI=1S/C17H16BrFO2/c18-12-5-6-15(19)11(9-12)10-16(20)13-7-8-21-17-4-2-1-3-14(13)17/h1-6,9,13,16,20H,7-8,10H2. The molecule has 0 saturated heterocycles. The van der Waals surface area contributed by atoms with Gasteiger partial charge in [-0.25, -0.2) is 4.39 Å². The quantitative estimate of drug-likeness (QED) is 0.904. The minimum Gasteiger partial charge on any atom is -0.493 e. The van der Waals surface area contributed by atoms with Gasteiger partial charge in [0.05, 0.1) is 12.7 Å². The second-order valence-corrected chi connectivity index (χ2v) is 6.20. The summed E-state index contributed by atoms with van der Waals surface area (Å²) in [6, 6.07) is 12.5. The average Bonchev–Trinajstić information content (AvgIpc) is 2.50. The van der Waals surface area contributed by atoms with Gasteiger partial charge in [-0.3, -0.25) is 0 Å². The molecule has 0 bridgehead atoms. The van der Waals surface area contributed by atoms with Crippen molar-refractivity contribution in [2.75, 3.05) is 6.61 Å². The van der Waals surface area contributed by atoms with Crippen molar-refractivity contribution in [2.24, 2.45) is 0 Å². The Balaban J connectivity index is 1.83. The summed E-state index contributed by atoms with van der Waals surface area (Å²) in [6.45, 7) is 0.583. The second-order valence-electron chi connectivity index (χ2n) is 5.29. The SMILES string of the molecule is OC(Cc1cc(Br)ccc1F)C1CCOc2ccccc21. The summed E-state index contributed by atoms with van der Waals surface area (Å²) >= 11 is 3.34. The number of hydrogen-bond acceptors (Lipinski definition) is 2. The van der Waals surface area contributed by atoms with Gasteiger partial charge in [0.2, 0.25) is 0 Å². The molecule has 0 aliphatic carbocycles. The van der Waals surface area contributed by atoms with Gasteiger partial charge in [-0.1, -0.05) is 34.1 Å². The maximum absolute atomic E-state index is 13.8. The van der Waals surface area contributed by atoms with Gasteiger partial charge in [0.15, 0.2) is 0 Å². The Morgan fingerprint density at radius 2 is 2.10 bits per heavy atom. The first-order valence-electron chi connectivity index (χ1n) is 6.99. The first-order chi connectivity index (χ1) is 10.1. The van der Waals surface area contributed by atoms with Crippen molar-refractivity contribution >= 4 is 15.9 Å². The molecule has 0 saturated carbocycles. The van der Waals surface area contributed by atoms with E-state index in [1.165, 1.54) is 6.07 Å². The van der Waals surface area contributed by atoms with Gasteiger partial charge in [0.1, 0.15) is 11.6 Å². The van der Waals surface area contributed by atoms with Gasteiger partial charge in [-0.15, -0.1) is 0 Å². The lowest BCUT2D eigenvalue weighted by Crippen LogP contribution is -2.27. The van der Waals surface area contributed by atoms with Gasteiger partial charge in [0, 0.05) is 16.8 Å². The summed E-state index contributed by atoms with van der Waals surface area (Å²) in [5.41, 5.74) is 1.53. The van der Waals surface area contributed by atoms with Gasteiger partial charge in [0.25, 0.3) is 0 Å². The molecular weight excluding hydrogens is 335 g/mol. The Hall–Kier alpha value is -1.39. The van der Waals surface area contributed by atoms with Crippen LogP contribution in [-0.2, 0) is 6.42 Å². The van der Waals surface area contributed by atoms with Crippen molar-refractivity contribution in [3.8, 4) is 5.75 Å². The van der Waals surface area contributed by atoms with E-state index in [4.69, 9.17) is 4.74 Å². The van der Waals surface area contributed by atoms with Crippen molar-refractivity contribution in [3.63, 3.8) is 0 Å². The molecule has 2 atom stereocenters. The Labute approximate surface area is 131 Å². The third-order valence-electron chi connectivity index (χ3n) is 3.91. The van der Waals surface area contributed by atoms with Crippen LogP contribution in [0.25, 0.3) is 0 Å². The average molecular weight is 351 g/mol. The monoisotopic (exact) mass is 350 g/mol. The van der Waals surface area contributed by atoms with Crippen molar-refractivity contribution in [1.82, 2.24) is 0 Å². The molecule has 2 nitrogen and oxygen atoms in total. The molecule has 0 amide bonds. The van der Waals surface area contributed by atoms with Crippen molar-refractivity contribution in [1.29, 1.82) is 0 Å². The number of aliphatic hydroxyl groups is 1. The predicted octanol–water partition coefficient (Wildman–Crippen LogP) is 4.06. The molecule has 0 fully saturated rings. The van der Waals surface area contributed by atoms with Crippen LogP contribution in [0, 0.1) is 5.82 Å². The second kappa shape index (κ2) is 6.16. The van der Waals surface area contributed by atoms with Gasteiger partial charge in [-0.05, 0) is 41.8 Å². The number of fused-ring (bicyclic) bond motifs is 1. The van der Waals surface area contributed by atoms with E-state index < -0.39 is 6.10 Å². The van der Waals surface area contributed by atoms with E-state index in [2.05, 4.69) is 15.9 Å². The topological polar surface area (TPSA) is 29.5 Å². The summed E-state index contributed by atoms with van der Waals surface area (Å²) in [5.74, 6) is 0.522. The first kappa shape index (κ1) is 14.5. The molecule has 0 radical (unpaired) electrons. The van der Waals surface area contributed by atoms with E-state index in [1.54, 1.807) is 12.1 Å². The van der Waals surface area contributed by atoms with Crippen molar-refractivity contribution in [2.45, 2.75) is 24.9 Å². The minimum atomic E-state index is -0.626. The van der Waals surface area contributed by atoms with Gasteiger partial charge >= 0.3 is 0 Å². The van der Waals surface area contributed by atoms with Crippen LogP contribution in [0.1, 0.15) is 23.5 Å². The lowest BCUT2D eigenvalue weighted by Gasteiger charge is -2.29. The molecule has 1 N–H and O–H groups in total. The highest BCUT2D eigenvalue weighted by atomic mass is 79.9. The van der Waals surface area contributed by atoms with Crippen LogP contribution in [0.3, 0.4) is 0 Å². The van der Waals surface area contributed by atoms with Gasteiger partial charge < -0.3 is 9.84 Å². The Morgan fingerprint density at radius 3 is 2.95 bits per heavy atom. The number of halogens is 2. The Bertz CT molecular complexity index is 644. The van der Waals surface area contributed by atoms with Crippen LogP contribution in [-0.4, -0.2) is 17.8 Å². The van der Waals surface area contributed by atoms with E-state index in [0.29, 0.717) is 18.6 Å². The van der Waals surface area contributed by atoms with Crippen LogP contribution < -0.4 is 4.74 Å². The largest absolute Gasteiger partial charge is 0.493 e. The summed E-state index contributed by atoms with van der Waals surface area (Å²) < 4.78 is 20.3. The normalized spacial score (nSPS) is 18.7. The number of rotatable bonds is 3. The van der Waals surface area contributed by atoms with Gasteiger partial charge in [-0.2, -0.15) is 0 Å². The number of para-hydroxylation sites is 1. The summed E-state index contributed by atoms with van der Waals surface area (Å²) in [6.07, 6.45) is 0.414. The number of hydrogen-bond donors (Lipinski definition) is 1. The van der Waals surface area contributed by atoms with E-state index in [-0.39, 0.29) is 11.7 Å². The zero-order chi connectivity index (χ0) is 14.8. The molecule has 2 unspecified atom stereocenters. The van der Waals surface area contributed by atoms with E-state index in [0.717, 1.165) is 22.2 Å². The molecule has 0 spiro atoms. The molecule has 21 heavy (non-hydrogen) atoms. The first-order valence-corrected chi connectivity index (χ1v) is 7.78. The van der Waals surface area contributed by atoms with E-state index >= 15 is 0 Å². The predicted molar refractivity (Wildman–Crippen MR) is 83.1 cm³/mol.